The zero-order valence-corrected chi connectivity index (χ0v) is 8.77. The van der Waals surface area contributed by atoms with E-state index in [0.29, 0.717) is 13.2 Å². The van der Waals surface area contributed by atoms with Crippen LogP contribution < -0.4 is 0 Å². The van der Waals surface area contributed by atoms with Crippen LogP contribution in [0.25, 0.3) is 0 Å². The van der Waals surface area contributed by atoms with E-state index in [-0.39, 0.29) is 12.0 Å². The highest BCUT2D eigenvalue weighted by Crippen LogP contribution is 2.15. The average molecular weight is 209 g/mol. The number of carbonyl (C=O) groups is 1. The molecule has 0 aliphatic carbocycles. The third-order valence-corrected chi connectivity index (χ3v) is 2.56. The van der Waals surface area contributed by atoms with Crippen LogP contribution in [0, 0.1) is 0 Å². The molecule has 0 aromatic carbocycles. The van der Waals surface area contributed by atoms with Crippen LogP contribution in [0.2, 0.25) is 0 Å². The maximum absolute atomic E-state index is 11.8. The predicted octanol–water partition coefficient (Wildman–Crippen LogP) is 0.547. The minimum atomic E-state index is -0.234. The third-order valence-electron chi connectivity index (χ3n) is 2.56. The number of hydrogen-bond donors (Lipinski definition) is 1. The molecule has 1 aliphatic rings. The van der Waals surface area contributed by atoms with Gasteiger partial charge in [0.25, 0.3) is 5.91 Å². The van der Waals surface area contributed by atoms with E-state index in [1.54, 1.807) is 24.3 Å². The van der Waals surface area contributed by atoms with Crippen LogP contribution in [0.3, 0.4) is 0 Å². The fourth-order valence-electron chi connectivity index (χ4n) is 1.73. The molecule has 5 nitrogen and oxygen atoms in total. The van der Waals surface area contributed by atoms with Crippen LogP contribution >= 0.6 is 0 Å². The van der Waals surface area contributed by atoms with Gasteiger partial charge in [-0.2, -0.15) is 5.10 Å². The first kappa shape index (κ1) is 10.2. The number of hydrogen-bond acceptors (Lipinski definition) is 3. The zero-order valence-electron chi connectivity index (χ0n) is 8.77. The Bertz CT molecular complexity index is 317. The number of ether oxygens (including phenoxy) is 1. The van der Waals surface area contributed by atoms with Crippen LogP contribution in [-0.2, 0) is 16.1 Å². The summed E-state index contributed by atoms with van der Waals surface area (Å²) in [7, 11) is 1.79. The highest BCUT2D eigenvalue weighted by Gasteiger charge is 2.26. The normalized spacial score (nSPS) is 20.5. The van der Waals surface area contributed by atoms with Crippen molar-refractivity contribution in [2.45, 2.75) is 25.5 Å². The number of aromatic amines is 1. The smallest absolute Gasteiger partial charge is 0.251 e. The second-order valence-electron chi connectivity index (χ2n) is 3.80. The number of H-pyrrole nitrogens is 1. The molecule has 1 fully saturated rings. The van der Waals surface area contributed by atoms with E-state index < -0.39 is 0 Å². The first-order chi connectivity index (χ1) is 7.27. The summed E-state index contributed by atoms with van der Waals surface area (Å²) in [5.41, 5.74) is 1.00. The Kier molecular flexibility index (Phi) is 3.01. The van der Waals surface area contributed by atoms with Gasteiger partial charge in [0.1, 0.15) is 6.10 Å². The molecule has 82 valence electrons. The highest BCUT2D eigenvalue weighted by molar-refractivity contribution is 5.80. The zero-order chi connectivity index (χ0) is 10.7. The lowest BCUT2D eigenvalue weighted by molar-refractivity contribution is -0.140. The van der Waals surface area contributed by atoms with Gasteiger partial charge in [0, 0.05) is 32.0 Å². The largest absolute Gasteiger partial charge is 0.368 e. The highest BCUT2D eigenvalue weighted by atomic mass is 16.5. The van der Waals surface area contributed by atoms with Gasteiger partial charge in [-0.25, -0.2) is 0 Å². The summed E-state index contributed by atoms with van der Waals surface area (Å²) >= 11 is 0. The van der Waals surface area contributed by atoms with Crippen LogP contribution in [-0.4, -0.2) is 40.8 Å². The topological polar surface area (TPSA) is 58.2 Å². The number of nitrogens with one attached hydrogen (secondary N) is 1. The molecule has 0 spiro atoms. The van der Waals surface area contributed by atoms with Crippen molar-refractivity contribution in [2.75, 3.05) is 13.7 Å². The molecule has 1 aromatic heterocycles. The van der Waals surface area contributed by atoms with Gasteiger partial charge in [-0.15, -0.1) is 0 Å². The molecule has 1 atom stereocenters. The molecule has 0 bridgehead atoms. The minimum absolute atomic E-state index is 0.0636. The molecule has 1 amide bonds. The summed E-state index contributed by atoms with van der Waals surface area (Å²) in [6.07, 6.45) is 5.10. The Labute approximate surface area is 88.4 Å². The molecule has 2 rings (SSSR count). The van der Waals surface area contributed by atoms with E-state index in [0.717, 1.165) is 18.4 Å². The molecular formula is C10H15N3O2. The van der Waals surface area contributed by atoms with E-state index in [9.17, 15) is 4.79 Å². The van der Waals surface area contributed by atoms with Crippen molar-refractivity contribution < 1.29 is 9.53 Å². The average Bonchev–Trinajstić information content (AvgIpc) is 2.88. The van der Waals surface area contributed by atoms with Gasteiger partial charge >= 0.3 is 0 Å². The lowest BCUT2D eigenvalue weighted by atomic mass is 10.2. The summed E-state index contributed by atoms with van der Waals surface area (Å²) in [5, 5.41) is 6.56. The standard InChI is InChI=1S/C10H15N3O2/c1-13(7-8-5-11-12-6-8)10(14)9-3-2-4-15-9/h5-6,9H,2-4,7H2,1H3,(H,11,12). The second-order valence-corrected chi connectivity index (χ2v) is 3.80. The molecule has 1 aliphatic heterocycles. The predicted molar refractivity (Wildman–Crippen MR) is 54.0 cm³/mol. The molecule has 1 aromatic rings. The molecule has 1 N–H and O–H groups in total. The number of likely N-dealkylation sites (N-methyl/N-ethyl adjacent to an activating group) is 1. The summed E-state index contributed by atoms with van der Waals surface area (Å²) in [4.78, 5) is 13.5. The van der Waals surface area contributed by atoms with Crippen LogP contribution in [0.4, 0.5) is 0 Å². The number of carbonyl (C=O) groups excluding carboxylic acids is 1. The molecular weight excluding hydrogens is 194 g/mol. The summed E-state index contributed by atoms with van der Waals surface area (Å²) in [5.74, 6) is 0.0636. The second kappa shape index (κ2) is 4.44. The summed E-state index contributed by atoms with van der Waals surface area (Å²) in [6, 6.07) is 0. The van der Waals surface area contributed by atoms with Crippen molar-refractivity contribution in [2.24, 2.45) is 0 Å². The van der Waals surface area contributed by atoms with Crippen molar-refractivity contribution in [3.63, 3.8) is 0 Å². The number of nitrogens with zero attached hydrogens (tertiary/aromatic N) is 2. The van der Waals surface area contributed by atoms with E-state index in [1.807, 2.05) is 0 Å². The van der Waals surface area contributed by atoms with Crippen LogP contribution in [0.1, 0.15) is 18.4 Å². The number of amides is 1. The fraction of sp³-hybridized carbons (Fsp3) is 0.600. The Hall–Kier alpha value is -1.36. The van der Waals surface area contributed by atoms with Crippen molar-refractivity contribution in [1.29, 1.82) is 0 Å². The Morgan fingerprint density at radius 2 is 2.67 bits per heavy atom. The van der Waals surface area contributed by atoms with Gasteiger partial charge < -0.3 is 9.64 Å². The molecule has 1 unspecified atom stereocenters. The third kappa shape index (κ3) is 2.36. The van der Waals surface area contributed by atoms with Gasteiger partial charge in [-0.3, -0.25) is 9.89 Å². The molecule has 2 heterocycles. The maximum atomic E-state index is 11.8. The van der Waals surface area contributed by atoms with Gasteiger partial charge in [-0.05, 0) is 12.8 Å². The van der Waals surface area contributed by atoms with E-state index >= 15 is 0 Å². The van der Waals surface area contributed by atoms with Crippen molar-refractivity contribution in [3.05, 3.63) is 18.0 Å². The van der Waals surface area contributed by atoms with E-state index in [1.165, 1.54) is 0 Å². The maximum Gasteiger partial charge on any atom is 0.251 e. The minimum Gasteiger partial charge on any atom is -0.368 e. The fourth-order valence-corrected chi connectivity index (χ4v) is 1.73. The van der Waals surface area contributed by atoms with Crippen molar-refractivity contribution in [1.82, 2.24) is 15.1 Å². The quantitative estimate of drug-likeness (QED) is 0.790. The Morgan fingerprint density at radius 1 is 1.80 bits per heavy atom. The van der Waals surface area contributed by atoms with Crippen LogP contribution in [0.5, 0.6) is 0 Å². The first-order valence-electron chi connectivity index (χ1n) is 5.11. The number of aromatic nitrogens is 2. The molecule has 5 heteroatoms. The van der Waals surface area contributed by atoms with Crippen LogP contribution in [0.15, 0.2) is 12.4 Å². The number of rotatable bonds is 3. The lowest BCUT2D eigenvalue weighted by Crippen LogP contribution is -2.35. The summed E-state index contributed by atoms with van der Waals surface area (Å²) in [6.45, 7) is 1.28. The molecule has 15 heavy (non-hydrogen) atoms. The lowest BCUT2D eigenvalue weighted by Gasteiger charge is -2.19. The SMILES string of the molecule is CN(Cc1cn[nH]c1)C(=O)C1CCCO1. The molecule has 1 saturated heterocycles. The van der Waals surface area contributed by atoms with Gasteiger partial charge in [0.15, 0.2) is 0 Å². The van der Waals surface area contributed by atoms with Gasteiger partial charge in [0.2, 0.25) is 0 Å². The van der Waals surface area contributed by atoms with Crippen molar-refractivity contribution >= 4 is 5.91 Å². The van der Waals surface area contributed by atoms with Gasteiger partial charge in [0.05, 0.1) is 6.20 Å². The summed E-state index contributed by atoms with van der Waals surface area (Å²) < 4.78 is 5.34. The molecule has 0 saturated carbocycles. The van der Waals surface area contributed by atoms with Crippen molar-refractivity contribution in [3.8, 4) is 0 Å². The van der Waals surface area contributed by atoms with Gasteiger partial charge in [-0.1, -0.05) is 0 Å². The van der Waals surface area contributed by atoms with E-state index in [4.69, 9.17) is 4.74 Å². The first-order valence-corrected chi connectivity index (χ1v) is 5.11. The Balaban J connectivity index is 1.89. The monoisotopic (exact) mass is 209 g/mol. The van der Waals surface area contributed by atoms with E-state index in [2.05, 4.69) is 10.2 Å². The Morgan fingerprint density at radius 3 is 3.27 bits per heavy atom. The molecule has 0 radical (unpaired) electrons.